The van der Waals surface area contributed by atoms with Crippen LogP contribution in [0, 0.1) is 0 Å². The first-order chi connectivity index (χ1) is 8.89. The van der Waals surface area contributed by atoms with Gasteiger partial charge in [0.2, 0.25) is 5.91 Å². The van der Waals surface area contributed by atoms with Crippen LogP contribution < -0.4 is 0 Å². The Hall–Kier alpha value is -0.870. The number of alkyl halides is 1. The van der Waals surface area contributed by atoms with Crippen molar-refractivity contribution in [3.8, 4) is 0 Å². The maximum absolute atomic E-state index is 12.6. The average molecular weight is 325 g/mol. The third-order valence-electron chi connectivity index (χ3n) is 3.54. The fourth-order valence-corrected chi connectivity index (χ4v) is 2.69. The van der Waals surface area contributed by atoms with Crippen LogP contribution in [-0.2, 0) is 4.79 Å². The van der Waals surface area contributed by atoms with E-state index in [1.807, 2.05) is 36.9 Å². The molecule has 1 amide bonds. The minimum atomic E-state index is -0.504. The van der Waals surface area contributed by atoms with E-state index in [-0.39, 0.29) is 11.9 Å². The molecule has 4 heteroatoms. The van der Waals surface area contributed by atoms with Gasteiger partial charge in [0.25, 0.3) is 0 Å². The summed E-state index contributed by atoms with van der Waals surface area (Å²) in [6.07, 6.45) is 0. The summed E-state index contributed by atoms with van der Waals surface area (Å²) in [4.78, 5) is 16.9. The zero-order valence-corrected chi connectivity index (χ0v) is 13.4. The maximum atomic E-state index is 12.6. The summed E-state index contributed by atoms with van der Waals surface area (Å²) in [6, 6.07) is 10.4. The number of hydrogen-bond acceptors (Lipinski definition) is 2. The van der Waals surface area contributed by atoms with Gasteiger partial charge in [-0.1, -0.05) is 46.3 Å². The molecule has 1 atom stereocenters. The summed E-state index contributed by atoms with van der Waals surface area (Å²) in [5.41, 5.74) is 1.21. The van der Waals surface area contributed by atoms with E-state index in [9.17, 15) is 4.79 Å². The van der Waals surface area contributed by atoms with Crippen molar-refractivity contribution in [3.05, 3.63) is 35.9 Å². The number of amides is 1. The molecule has 3 nitrogen and oxygen atoms in total. The summed E-state index contributed by atoms with van der Waals surface area (Å²) in [5, 5.41) is 0. The highest BCUT2D eigenvalue weighted by Crippen LogP contribution is 2.29. The SMILES string of the molecule is CN1CCN(C(=O)C(C)(C)Br)C(c2ccccc2)C1. The largest absolute Gasteiger partial charge is 0.332 e. The van der Waals surface area contributed by atoms with Crippen LogP contribution in [0.15, 0.2) is 30.3 Å². The number of hydrogen-bond donors (Lipinski definition) is 0. The smallest absolute Gasteiger partial charge is 0.239 e. The molecule has 0 aliphatic carbocycles. The molecule has 0 bridgehead atoms. The molecule has 0 radical (unpaired) electrons. The van der Waals surface area contributed by atoms with Crippen molar-refractivity contribution in [2.24, 2.45) is 0 Å². The molecule has 1 aromatic carbocycles. The monoisotopic (exact) mass is 324 g/mol. The van der Waals surface area contributed by atoms with Gasteiger partial charge >= 0.3 is 0 Å². The topological polar surface area (TPSA) is 23.6 Å². The molecule has 0 aromatic heterocycles. The first-order valence-electron chi connectivity index (χ1n) is 6.63. The van der Waals surface area contributed by atoms with Crippen molar-refractivity contribution in [2.45, 2.75) is 24.2 Å². The molecular formula is C15H21BrN2O. The molecule has 1 aromatic rings. The van der Waals surface area contributed by atoms with E-state index in [4.69, 9.17) is 0 Å². The highest BCUT2D eigenvalue weighted by molar-refractivity contribution is 9.10. The third-order valence-corrected chi connectivity index (χ3v) is 3.88. The number of rotatable bonds is 2. The second kappa shape index (κ2) is 5.63. The summed E-state index contributed by atoms with van der Waals surface area (Å²) < 4.78 is -0.504. The van der Waals surface area contributed by atoms with Gasteiger partial charge in [-0.15, -0.1) is 0 Å². The van der Waals surface area contributed by atoms with Crippen molar-refractivity contribution in [1.82, 2.24) is 9.80 Å². The lowest BCUT2D eigenvalue weighted by Gasteiger charge is -2.42. The van der Waals surface area contributed by atoms with E-state index in [2.05, 4.69) is 40.0 Å². The molecule has 1 heterocycles. The van der Waals surface area contributed by atoms with Crippen LogP contribution in [0.1, 0.15) is 25.5 Å². The summed E-state index contributed by atoms with van der Waals surface area (Å²) in [7, 11) is 2.11. The summed E-state index contributed by atoms with van der Waals surface area (Å²) in [5.74, 6) is 0.162. The number of piperazine rings is 1. The van der Waals surface area contributed by atoms with Gasteiger partial charge in [-0.25, -0.2) is 0 Å². The predicted octanol–water partition coefficient (Wildman–Crippen LogP) is 2.68. The third kappa shape index (κ3) is 3.37. The second-order valence-corrected chi connectivity index (χ2v) is 7.64. The van der Waals surface area contributed by atoms with Gasteiger partial charge < -0.3 is 9.80 Å². The fraction of sp³-hybridized carbons (Fsp3) is 0.533. The molecule has 0 saturated carbocycles. The molecule has 1 saturated heterocycles. The van der Waals surface area contributed by atoms with Crippen molar-refractivity contribution in [3.63, 3.8) is 0 Å². The Bertz CT molecular complexity index is 441. The Morgan fingerprint density at radius 2 is 1.89 bits per heavy atom. The average Bonchev–Trinajstić information content (AvgIpc) is 2.38. The van der Waals surface area contributed by atoms with Crippen LogP contribution in [-0.4, -0.2) is 46.7 Å². The molecule has 2 rings (SSSR count). The van der Waals surface area contributed by atoms with Crippen LogP contribution in [0.4, 0.5) is 0 Å². The van der Waals surface area contributed by atoms with Crippen molar-refractivity contribution < 1.29 is 4.79 Å². The summed E-state index contributed by atoms with van der Waals surface area (Å²) in [6.45, 7) is 6.42. The zero-order chi connectivity index (χ0) is 14.0. The van der Waals surface area contributed by atoms with Crippen LogP contribution in [0.2, 0.25) is 0 Å². The quantitative estimate of drug-likeness (QED) is 0.781. The minimum absolute atomic E-state index is 0.143. The van der Waals surface area contributed by atoms with E-state index in [1.165, 1.54) is 5.56 Å². The standard InChI is InChI=1S/C15H21BrN2O/c1-15(2,16)14(19)18-10-9-17(3)11-13(18)12-7-5-4-6-8-12/h4-8,13H,9-11H2,1-3H3. The Labute approximate surface area is 123 Å². The molecule has 1 aliphatic heterocycles. The van der Waals surface area contributed by atoms with Crippen molar-refractivity contribution in [1.29, 1.82) is 0 Å². The first-order valence-corrected chi connectivity index (χ1v) is 7.42. The van der Waals surface area contributed by atoms with Gasteiger partial charge in [0.05, 0.1) is 10.4 Å². The highest BCUT2D eigenvalue weighted by atomic mass is 79.9. The molecule has 1 unspecified atom stereocenters. The Morgan fingerprint density at radius 3 is 2.47 bits per heavy atom. The van der Waals surface area contributed by atoms with Gasteiger partial charge in [-0.3, -0.25) is 4.79 Å². The minimum Gasteiger partial charge on any atom is -0.332 e. The lowest BCUT2D eigenvalue weighted by atomic mass is 10.0. The van der Waals surface area contributed by atoms with Gasteiger partial charge in [0.15, 0.2) is 0 Å². The predicted molar refractivity (Wildman–Crippen MR) is 81.4 cm³/mol. The fourth-order valence-electron chi connectivity index (χ4n) is 2.46. The molecule has 1 fully saturated rings. The van der Waals surface area contributed by atoms with Crippen LogP contribution in [0.3, 0.4) is 0 Å². The molecule has 1 aliphatic rings. The maximum Gasteiger partial charge on any atom is 0.239 e. The van der Waals surface area contributed by atoms with Crippen molar-refractivity contribution in [2.75, 3.05) is 26.7 Å². The first kappa shape index (κ1) is 14.5. The molecule has 104 valence electrons. The zero-order valence-electron chi connectivity index (χ0n) is 11.8. The van der Waals surface area contributed by atoms with E-state index < -0.39 is 4.32 Å². The normalized spacial score (nSPS) is 21.5. The highest BCUT2D eigenvalue weighted by Gasteiger charge is 2.36. The number of halogens is 1. The molecule has 0 N–H and O–H groups in total. The van der Waals surface area contributed by atoms with Gasteiger partial charge in [-0.2, -0.15) is 0 Å². The van der Waals surface area contributed by atoms with Crippen LogP contribution in [0.25, 0.3) is 0 Å². The van der Waals surface area contributed by atoms with Crippen LogP contribution in [0.5, 0.6) is 0 Å². The molecular weight excluding hydrogens is 304 g/mol. The number of nitrogens with zero attached hydrogens (tertiary/aromatic N) is 2. The number of benzene rings is 1. The lowest BCUT2D eigenvalue weighted by Crippen LogP contribution is -2.53. The number of carbonyl (C=O) groups excluding carboxylic acids is 1. The lowest BCUT2D eigenvalue weighted by molar-refractivity contribution is -0.137. The van der Waals surface area contributed by atoms with E-state index in [1.54, 1.807) is 0 Å². The van der Waals surface area contributed by atoms with Gasteiger partial charge in [-0.05, 0) is 26.5 Å². The van der Waals surface area contributed by atoms with E-state index in [0.29, 0.717) is 0 Å². The van der Waals surface area contributed by atoms with Gasteiger partial charge in [0, 0.05) is 19.6 Å². The molecule has 0 spiro atoms. The van der Waals surface area contributed by atoms with Gasteiger partial charge in [0.1, 0.15) is 0 Å². The van der Waals surface area contributed by atoms with Crippen molar-refractivity contribution >= 4 is 21.8 Å². The number of carbonyl (C=O) groups is 1. The Kier molecular flexibility index (Phi) is 4.31. The number of likely N-dealkylation sites (N-methyl/N-ethyl adjacent to an activating group) is 1. The van der Waals surface area contributed by atoms with E-state index >= 15 is 0 Å². The van der Waals surface area contributed by atoms with E-state index in [0.717, 1.165) is 19.6 Å². The Morgan fingerprint density at radius 1 is 1.26 bits per heavy atom. The summed E-state index contributed by atoms with van der Waals surface area (Å²) >= 11 is 3.49. The molecule has 19 heavy (non-hydrogen) atoms. The second-order valence-electron chi connectivity index (χ2n) is 5.66. The van der Waals surface area contributed by atoms with Crippen LogP contribution >= 0.6 is 15.9 Å². The Balaban J connectivity index is 2.28.